The molecule has 1 saturated heterocycles. The first kappa shape index (κ1) is 16.1. The Kier molecular flexibility index (Phi) is 5.12. The van der Waals surface area contributed by atoms with Crippen molar-refractivity contribution in [1.82, 2.24) is 4.90 Å². The molecule has 1 fully saturated rings. The zero-order valence-corrected chi connectivity index (χ0v) is 13.5. The third-order valence-corrected chi connectivity index (χ3v) is 4.39. The second-order valence-corrected chi connectivity index (χ2v) is 6.99. The fourth-order valence-electron chi connectivity index (χ4n) is 2.67. The Morgan fingerprint density at radius 1 is 1.38 bits per heavy atom. The van der Waals surface area contributed by atoms with Crippen molar-refractivity contribution in [3.05, 3.63) is 23.2 Å². The van der Waals surface area contributed by atoms with Crippen LogP contribution in [0.3, 0.4) is 0 Å². The molecule has 3 N–H and O–H groups in total. The van der Waals surface area contributed by atoms with Crippen molar-refractivity contribution in [2.75, 3.05) is 30.7 Å². The van der Waals surface area contributed by atoms with Gasteiger partial charge in [-0.2, -0.15) is 0 Å². The molecular formula is C16H24ClN3O. The molecule has 0 radical (unpaired) electrons. The van der Waals surface area contributed by atoms with Gasteiger partial charge in [0.25, 0.3) is 0 Å². The topological polar surface area (TPSA) is 58.4 Å². The normalized spacial score (nSPS) is 19.0. The number of nitrogens with one attached hydrogen (secondary N) is 1. The van der Waals surface area contributed by atoms with Crippen LogP contribution >= 0.6 is 11.6 Å². The molecule has 0 saturated carbocycles. The van der Waals surface area contributed by atoms with Gasteiger partial charge in [0.05, 0.1) is 17.3 Å². The summed E-state index contributed by atoms with van der Waals surface area (Å²) in [4.78, 5) is 14.4. The van der Waals surface area contributed by atoms with Crippen LogP contribution in [0.2, 0.25) is 5.02 Å². The SMILES string of the molecule is CC1(C)CCCN(CC(=O)Nc2cc(N)ccc2Cl)CC1. The average molecular weight is 310 g/mol. The molecule has 1 aliphatic rings. The van der Waals surface area contributed by atoms with E-state index in [-0.39, 0.29) is 5.91 Å². The summed E-state index contributed by atoms with van der Waals surface area (Å²) in [7, 11) is 0. The van der Waals surface area contributed by atoms with E-state index in [0.717, 1.165) is 25.9 Å². The Hall–Kier alpha value is -1.26. The predicted octanol–water partition coefficient (Wildman–Crippen LogP) is 3.37. The molecule has 0 aliphatic carbocycles. The van der Waals surface area contributed by atoms with E-state index in [2.05, 4.69) is 24.1 Å². The van der Waals surface area contributed by atoms with Crippen LogP contribution in [0, 0.1) is 5.41 Å². The fraction of sp³-hybridized carbons (Fsp3) is 0.562. The highest BCUT2D eigenvalue weighted by atomic mass is 35.5. The van der Waals surface area contributed by atoms with Crippen LogP contribution in [-0.2, 0) is 4.79 Å². The van der Waals surface area contributed by atoms with Crippen molar-refractivity contribution in [3.8, 4) is 0 Å². The lowest BCUT2D eigenvalue weighted by molar-refractivity contribution is -0.117. The number of nitrogen functional groups attached to an aromatic ring is 1. The number of halogens is 1. The van der Waals surface area contributed by atoms with Crippen molar-refractivity contribution < 1.29 is 4.79 Å². The Bertz CT molecular complexity index is 516. The van der Waals surface area contributed by atoms with Gasteiger partial charge >= 0.3 is 0 Å². The van der Waals surface area contributed by atoms with Gasteiger partial charge in [-0.05, 0) is 56.0 Å². The minimum atomic E-state index is -0.0396. The summed E-state index contributed by atoms with van der Waals surface area (Å²) in [6, 6.07) is 5.10. The molecular weight excluding hydrogens is 286 g/mol. The minimum Gasteiger partial charge on any atom is -0.399 e. The maximum absolute atomic E-state index is 12.2. The zero-order valence-electron chi connectivity index (χ0n) is 12.8. The highest BCUT2D eigenvalue weighted by Crippen LogP contribution is 2.29. The molecule has 0 unspecified atom stereocenters. The summed E-state index contributed by atoms with van der Waals surface area (Å²) in [5.41, 5.74) is 7.26. The zero-order chi connectivity index (χ0) is 15.5. The minimum absolute atomic E-state index is 0.0396. The van der Waals surface area contributed by atoms with Crippen molar-refractivity contribution >= 4 is 28.9 Å². The largest absolute Gasteiger partial charge is 0.399 e. The van der Waals surface area contributed by atoms with E-state index in [4.69, 9.17) is 17.3 Å². The van der Waals surface area contributed by atoms with Gasteiger partial charge in [-0.25, -0.2) is 0 Å². The average Bonchev–Trinajstić information content (AvgIpc) is 2.55. The lowest BCUT2D eigenvalue weighted by Crippen LogP contribution is -2.34. The Labute approximate surface area is 131 Å². The number of nitrogens with zero attached hydrogens (tertiary/aromatic N) is 1. The number of likely N-dealkylation sites (tertiary alicyclic amines) is 1. The summed E-state index contributed by atoms with van der Waals surface area (Å²) < 4.78 is 0. The van der Waals surface area contributed by atoms with Crippen LogP contribution in [0.25, 0.3) is 0 Å². The van der Waals surface area contributed by atoms with E-state index in [1.165, 1.54) is 6.42 Å². The Balaban J connectivity index is 1.91. The molecule has 21 heavy (non-hydrogen) atoms. The second kappa shape index (κ2) is 6.67. The molecule has 0 spiro atoms. The van der Waals surface area contributed by atoms with Gasteiger partial charge in [0.2, 0.25) is 5.91 Å². The predicted molar refractivity (Wildman–Crippen MR) is 88.6 cm³/mol. The van der Waals surface area contributed by atoms with E-state index in [1.54, 1.807) is 18.2 Å². The number of rotatable bonds is 3. The Morgan fingerprint density at radius 2 is 2.14 bits per heavy atom. The lowest BCUT2D eigenvalue weighted by Gasteiger charge is -2.23. The van der Waals surface area contributed by atoms with E-state index in [9.17, 15) is 4.79 Å². The quantitative estimate of drug-likeness (QED) is 0.842. The van der Waals surface area contributed by atoms with Crippen LogP contribution in [0.1, 0.15) is 33.1 Å². The summed E-state index contributed by atoms with van der Waals surface area (Å²) in [5, 5.41) is 3.36. The van der Waals surface area contributed by atoms with Gasteiger partial charge in [-0.1, -0.05) is 25.4 Å². The van der Waals surface area contributed by atoms with Gasteiger partial charge in [-0.3, -0.25) is 9.69 Å². The molecule has 1 aromatic rings. The molecule has 1 amide bonds. The molecule has 116 valence electrons. The summed E-state index contributed by atoms with van der Waals surface area (Å²) in [6.45, 7) is 6.93. The van der Waals surface area contributed by atoms with Crippen molar-refractivity contribution in [3.63, 3.8) is 0 Å². The van der Waals surface area contributed by atoms with Gasteiger partial charge in [0, 0.05) is 5.69 Å². The van der Waals surface area contributed by atoms with Crippen LogP contribution in [0.4, 0.5) is 11.4 Å². The highest BCUT2D eigenvalue weighted by molar-refractivity contribution is 6.33. The van der Waals surface area contributed by atoms with Crippen LogP contribution < -0.4 is 11.1 Å². The number of benzene rings is 1. The van der Waals surface area contributed by atoms with E-state index < -0.39 is 0 Å². The van der Waals surface area contributed by atoms with Crippen LogP contribution in [0.5, 0.6) is 0 Å². The van der Waals surface area contributed by atoms with Gasteiger partial charge in [-0.15, -0.1) is 0 Å². The standard InChI is InChI=1S/C16H24ClN3O/c1-16(2)6-3-8-20(9-7-16)11-15(21)19-14-10-12(18)4-5-13(14)17/h4-5,10H,3,6-9,11,18H2,1-2H3,(H,19,21). The molecule has 1 aliphatic heterocycles. The highest BCUT2D eigenvalue weighted by Gasteiger charge is 2.24. The van der Waals surface area contributed by atoms with E-state index in [0.29, 0.717) is 28.4 Å². The first-order valence-electron chi connectivity index (χ1n) is 7.43. The fourth-order valence-corrected chi connectivity index (χ4v) is 2.83. The number of carbonyl (C=O) groups excluding carboxylic acids is 1. The maximum Gasteiger partial charge on any atom is 0.238 e. The molecule has 1 aromatic carbocycles. The van der Waals surface area contributed by atoms with Crippen molar-refractivity contribution in [1.29, 1.82) is 0 Å². The van der Waals surface area contributed by atoms with Gasteiger partial charge in [0.1, 0.15) is 0 Å². The summed E-state index contributed by atoms with van der Waals surface area (Å²) in [6.07, 6.45) is 3.48. The monoisotopic (exact) mass is 309 g/mol. The van der Waals surface area contributed by atoms with Crippen LogP contribution in [0.15, 0.2) is 18.2 Å². The number of hydrogen-bond donors (Lipinski definition) is 2. The Morgan fingerprint density at radius 3 is 2.90 bits per heavy atom. The van der Waals surface area contributed by atoms with Gasteiger partial charge < -0.3 is 11.1 Å². The molecule has 0 atom stereocenters. The number of hydrogen-bond acceptors (Lipinski definition) is 3. The van der Waals surface area contributed by atoms with E-state index in [1.807, 2.05) is 0 Å². The van der Waals surface area contributed by atoms with Gasteiger partial charge in [0.15, 0.2) is 0 Å². The third-order valence-electron chi connectivity index (χ3n) is 4.06. The number of carbonyl (C=O) groups is 1. The van der Waals surface area contributed by atoms with Crippen LogP contribution in [-0.4, -0.2) is 30.4 Å². The molecule has 1 heterocycles. The van der Waals surface area contributed by atoms with Crippen molar-refractivity contribution in [2.45, 2.75) is 33.1 Å². The number of anilines is 2. The first-order valence-corrected chi connectivity index (χ1v) is 7.81. The third kappa shape index (κ3) is 4.90. The smallest absolute Gasteiger partial charge is 0.238 e. The lowest BCUT2D eigenvalue weighted by atomic mass is 9.85. The summed E-state index contributed by atoms with van der Waals surface area (Å²) >= 11 is 6.06. The second-order valence-electron chi connectivity index (χ2n) is 6.58. The van der Waals surface area contributed by atoms with E-state index >= 15 is 0 Å². The molecule has 4 nitrogen and oxygen atoms in total. The maximum atomic E-state index is 12.2. The molecule has 0 aromatic heterocycles. The first-order chi connectivity index (χ1) is 9.85. The molecule has 2 rings (SSSR count). The number of amides is 1. The van der Waals surface area contributed by atoms with Crippen molar-refractivity contribution in [2.24, 2.45) is 5.41 Å². The molecule has 0 bridgehead atoms. The summed E-state index contributed by atoms with van der Waals surface area (Å²) in [5.74, 6) is -0.0396. The number of nitrogens with two attached hydrogens (primary N) is 1. The molecule has 5 heteroatoms.